The molecule has 0 saturated carbocycles. The third-order valence-electron chi connectivity index (χ3n) is 7.20. The Kier molecular flexibility index (Phi) is 3.97. The minimum atomic E-state index is -0.845. The van der Waals surface area contributed by atoms with Crippen molar-refractivity contribution in [1.29, 1.82) is 0 Å². The molecule has 1 atom stereocenters. The minimum absolute atomic E-state index is 0.0228. The zero-order valence-electron chi connectivity index (χ0n) is 17.9. The number of nitrogens with one attached hydrogen (secondary N) is 1. The van der Waals surface area contributed by atoms with E-state index in [-0.39, 0.29) is 24.3 Å². The number of fused-ring (bicyclic) bond motifs is 3. The quantitative estimate of drug-likeness (QED) is 0.693. The second kappa shape index (κ2) is 6.66. The van der Waals surface area contributed by atoms with Gasteiger partial charge < -0.3 is 10.2 Å². The summed E-state index contributed by atoms with van der Waals surface area (Å²) >= 11 is 0. The summed E-state index contributed by atoms with van der Waals surface area (Å²) in [6.45, 7) is 1.76. The maximum absolute atomic E-state index is 13.4. The molecule has 0 bridgehead atoms. The molecule has 0 spiro atoms. The Bertz CT molecular complexity index is 1320. The molecule has 2 aliphatic heterocycles. The van der Waals surface area contributed by atoms with Crippen molar-refractivity contribution < 1.29 is 14.4 Å². The molecule has 3 aromatic rings. The molecular formula is C26H23N3O3. The van der Waals surface area contributed by atoms with Crippen LogP contribution in [0.15, 0.2) is 54.6 Å². The van der Waals surface area contributed by atoms with E-state index >= 15 is 0 Å². The first kappa shape index (κ1) is 19.0. The summed E-state index contributed by atoms with van der Waals surface area (Å²) in [6.07, 6.45) is 2.90. The van der Waals surface area contributed by atoms with Gasteiger partial charge in [-0.3, -0.25) is 19.3 Å². The lowest BCUT2D eigenvalue weighted by Gasteiger charge is -2.48. The largest absolute Gasteiger partial charge is 0.324 e. The molecule has 1 saturated heterocycles. The Morgan fingerprint density at radius 2 is 1.75 bits per heavy atom. The normalized spacial score (nSPS) is 21.2. The van der Waals surface area contributed by atoms with Gasteiger partial charge in [0.25, 0.3) is 5.91 Å². The fourth-order valence-electron chi connectivity index (χ4n) is 5.63. The Morgan fingerprint density at radius 1 is 0.969 bits per heavy atom. The lowest BCUT2D eigenvalue weighted by atomic mass is 9.98. The van der Waals surface area contributed by atoms with Crippen LogP contribution in [0.3, 0.4) is 0 Å². The number of benzene rings is 3. The van der Waals surface area contributed by atoms with Crippen LogP contribution >= 0.6 is 0 Å². The van der Waals surface area contributed by atoms with Crippen molar-refractivity contribution in [1.82, 2.24) is 4.90 Å². The zero-order chi connectivity index (χ0) is 22.0. The van der Waals surface area contributed by atoms with E-state index in [0.717, 1.165) is 23.9 Å². The van der Waals surface area contributed by atoms with E-state index in [4.69, 9.17) is 0 Å². The number of carbonyl (C=O) groups excluding carboxylic acids is 3. The van der Waals surface area contributed by atoms with Crippen LogP contribution in [0.4, 0.5) is 11.4 Å². The number of hydrogen-bond acceptors (Lipinski definition) is 3. The van der Waals surface area contributed by atoms with Gasteiger partial charge in [-0.05, 0) is 60.9 Å². The lowest BCUT2D eigenvalue weighted by Crippen LogP contribution is -2.63. The zero-order valence-corrected chi connectivity index (χ0v) is 17.9. The van der Waals surface area contributed by atoms with Crippen molar-refractivity contribution >= 4 is 39.9 Å². The van der Waals surface area contributed by atoms with Crippen LogP contribution < -0.4 is 10.2 Å². The maximum Gasteiger partial charge on any atom is 0.258 e. The Hall–Kier alpha value is -3.67. The first-order chi connectivity index (χ1) is 15.5. The highest BCUT2D eigenvalue weighted by Crippen LogP contribution is 2.44. The number of nitrogens with zero attached hydrogens (tertiary/aromatic N) is 2. The molecule has 3 amide bonds. The second-order valence-corrected chi connectivity index (χ2v) is 9.01. The summed E-state index contributed by atoms with van der Waals surface area (Å²) in [5.41, 5.74) is 3.62. The van der Waals surface area contributed by atoms with Crippen LogP contribution in [-0.2, 0) is 22.4 Å². The van der Waals surface area contributed by atoms with Crippen LogP contribution in [0.1, 0.15) is 41.3 Å². The summed E-state index contributed by atoms with van der Waals surface area (Å²) < 4.78 is 0. The van der Waals surface area contributed by atoms with E-state index in [1.54, 1.807) is 28.0 Å². The molecule has 6 rings (SSSR count). The average molecular weight is 425 g/mol. The highest BCUT2D eigenvalue weighted by Gasteiger charge is 2.53. The highest BCUT2D eigenvalue weighted by molar-refractivity contribution is 6.12. The molecule has 6 heteroatoms. The Morgan fingerprint density at radius 3 is 2.59 bits per heavy atom. The summed E-state index contributed by atoms with van der Waals surface area (Å²) in [5.74, 6) is -0.507. The SMILES string of the molecule is CC12CCC(=O)N1c1ccccc1C(=O)N2CC(=O)Nc1ccc2c3c(cccc13)CC2. The number of amides is 3. The van der Waals surface area contributed by atoms with Crippen LogP contribution in [0.2, 0.25) is 0 Å². The highest BCUT2D eigenvalue weighted by atomic mass is 16.2. The number of hydrogen-bond donors (Lipinski definition) is 1. The predicted octanol–water partition coefficient (Wildman–Crippen LogP) is 3.88. The van der Waals surface area contributed by atoms with E-state index in [9.17, 15) is 14.4 Å². The molecule has 3 aromatic carbocycles. The van der Waals surface area contributed by atoms with Gasteiger partial charge in [-0.2, -0.15) is 0 Å². The van der Waals surface area contributed by atoms with Gasteiger partial charge in [0.05, 0.1) is 11.3 Å². The minimum Gasteiger partial charge on any atom is -0.324 e. The van der Waals surface area contributed by atoms with E-state index in [0.29, 0.717) is 24.1 Å². The summed E-state index contributed by atoms with van der Waals surface area (Å²) in [5, 5.41) is 5.29. The smallest absolute Gasteiger partial charge is 0.258 e. The third-order valence-corrected chi connectivity index (χ3v) is 7.20. The fourth-order valence-corrected chi connectivity index (χ4v) is 5.63. The predicted molar refractivity (Wildman–Crippen MR) is 123 cm³/mol. The van der Waals surface area contributed by atoms with Gasteiger partial charge >= 0.3 is 0 Å². The van der Waals surface area contributed by atoms with Crippen molar-refractivity contribution in [2.45, 2.75) is 38.3 Å². The first-order valence-corrected chi connectivity index (χ1v) is 11.0. The van der Waals surface area contributed by atoms with Crippen molar-refractivity contribution in [3.63, 3.8) is 0 Å². The van der Waals surface area contributed by atoms with Gasteiger partial charge in [0.2, 0.25) is 11.8 Å². The third kappa shape index (κ3) is 2.55. The summed E-state index contributed by atoms with van der Waals surface area (Å²) in [4.78, 5) is 42.5. The average Bonchev–Trinajstić information content (AvgIpc) is 3.35. The Labute approximate surface area is 185 Å². The molecule has 0 aromatic heterocycles. The molecule has 160 valence electrons. The molecule has 6 nitrogen and oxygen atoms in total. The van der Waals surface area contributed by atoms with Crippen molar-refractivity contribution in [2.24, 2.45) is 0 Å². The maximum atomic E-state index is 13.4. The standard InChI is InChI=1S/C26H23N3O3/c1-26-14-13-23(31)29(26)21-8-3-2-6-19(21)25(32)28(26)15-22(30)27-20-12-11-17-10-9-16-5-4-7-18(20)24(16)17/h2-8,11-12H,9-10,13-15H2,1H3,(H,27,30). The van der Waals surface area contributed by atoms with Gasteiger partial charge in [0.1, 0.15) is 12.2 Å². The van der Waals surface area contributed by atoms with Gasteiger partial charge in [0, 0.05) is 17.5 Å². The molecule has 1 aliphatic carbocycles. The fraction of sp³-hybridized carbons (Fsp3) is 0.269. The van der Waals surface area contributed by atoms with Crippen LogP contribution in [0.5, 0.6) is 0 Å². The van der Waals surface area contributed by atoms with Gasteiger partial charge in [-0.15, -0.1) is 0 Å². The topological polar surface area (TPSA) is 69.7 Å². The van der Waals surface area contributed by atoms with Gasteiger partial charge in [-0.25, -0.2) is 0 Å². The number of rotatable bonds is 3. The molecule has 2 heterocycles. The number of para-hydroxylation sites is 1. The molecular weight excluding hydrogens is 402 g/mol. The van der Waals surface area contributed by atoms with Crippen LogP contribution in [0.25, 0.3) is 10.8 Å². The van der Waals surface area contributed by atoms with Gasteiger partial charge in [-0.1, -0.05) is 36.4 Å². The van der Waals surface area contributed by atoms with E-state index in [1.165, 1.54) is 16.5 Å². The summed E-state index contributed by atoms with van der Waals surface area (Å²) in [7, 11) is 0. The summed E-state index contributed by atoms with van der Waals surface area (Å²) in [6, 6.07) is 17.4. The van der Waals surface area contributed by atoms with Crippen LogP contribution in [-0.4, -0.2) is 34.8 Å². The Balaban J connectivity index is 1.33. The number of anilines is 2. The van der Waals surface area contributed by atoms with E-state index < -0.39 is 5.66 Å². The number of carbonyl (C=O) groups is 3. The van der Waals surface area contributed by atoms with E-state index in [1.807, 2.05) is 31.2 Å². The number of aryl methyl sites for hydroxylation is 2. The molecule has 1 N–H and O–H groups in total. The van der Waals surface area contributed by atoms with E-state index in [2.05, 4.69) is 17.4 Å². The molecule has 1 unspecified atom stereocenters. The van der Waals surface area contributed by atoms with Crippen molar-refractivity contribution in [2.75, 3.05) is 16.8 Å². The van der Waals surface area contributed by atoms with Crippen molar-refractivity contribution in [3.8, 4) is 0 Å². The molecule has 32 heavy (non-hydrogen) atoms. The first-order valence-electron chi connectivity index (χ1n) is 11.0. The molecule has 0 radical (unpaired) electrons. The second-order valence-electron chi connectivity index (χ2n) is 9.01. The van der Waals surface area contributed by atoms with Crippen LogP contribution in [0, 0.1) is 0 Å². The monoisotopic (exact) mass is 425 g/mol. The molecule has 3 aliphatic rings. The van der Waals surface area contributed by atoms with Crippen molar-refractivity contribution in [3.05, 3.63) is 71.3 Å². The van der Waals surface area contributed by atoms with Gasteiger partial charge in [0.15, 0.2) is 0 Å². The molecule has 1 fully saturated rings. The lowest BCUT2D eigenvalue weighted by molar-refractivity contribution is -0.120.